The zero-order chi connectivity index (χ0) is 22.5. The third-order valence-electron chi connectivity index (χ3n) is 3.67. The van der Waals surface area contributed by atoms with E-state index in [0.29, 0.717) is 0 Å². The Bertz CT molecular complexity index is 1100. The maximum atomic E-state index is 12.9. The van der Waals surface area contributed by atoms with Gasteiger partial charge in [0, 0.05) is 6.07 Å². The Balaban J connectivity index is 2.61. The largest absolute Gasteiger partial charge is 0.490 e. The molecule has 0 aliphatic carbocycles. The van der Waals surface area contributed by atoms with Gasteiger partial charge in [0.15, 0.2) is 11.5 Å². The molecule has 0 unspecified atom stereocenters. The lowest BCUT2D eigenvalue weighted by molar-refractivity contribution is 0.0598. The van der Waals surface area contributed by atoms with Gasteiger partial charge in [-0.3, -0.25) is 0 Å². The monoisotopic (exact) mass is 497 g/mol. The summed E-state index contributed by atoms with van der Waals surface area (Å²) in [5.74, 6) is -1.89. The number of rotatable bonds is 7. The van der Waals surface area contributed by atoms with Crippen molar-refractivity contribution >= 4 is 38.0 Å². The molecule has 0 aliphatic rings. The highest BCUT2D eigenvalue weighted by Gasteiger charge is 2.26. The second-order valence-corrected chi connectivity index (χ2v) is 8.00. The fourth-order valence-electron chi connectivity index (χ4n) is 2.35. The number of nitriles is 1. The lowest BCUT2D eigenvalue weighted by Gasteiger charge is -2.14. The van der Waals surface area contributed by atoms with Crippen molar-refractivity contribution in [3.8, 4) is 17.6 Å². The Morgan fingerprint density at radius 1 is 1.03 bits per heavy atom. The van der Waals surface area contributed by atoms with Crippen molar-refractivity contribution in [2.75, 3.05) is 20.8 Å². The average Bonchev–Trinajstić information content (AvgIpc) is 2.74. The quantitative estimate of drug-likeness (QED) is 0.418. The average molecular weight is 498 g/mol. The summed E-state index contributed by atoms with van der Waals surface area (Å²) in [6.45, 7) is 1.86. The van der Waals surface area contributed by atoms with Crippen LogP contribution in [0.4, 0.5) is 0 Å². The highest BCUT2D eigenvalue weighted by Crippen LogP contribution is 2.38. The molecule has 2 aromatic rings. The molecule has 0 radical (unpaired) electrons. The van der Waals surface area contributed by atoms with Gasteiger partial charge in [-0.25, -0.2) is 9.59 Å². The first-order valence-corrected chi connectivity index (χ1v) is 10.5. The Labute approximate surface area is 181 Å². The van der Waals surface area contributed by atoms with Crippen LogP contribution in [0.15, 0.2) is 39.7 Å². The van der Waals surface area contributed by atoms with E-state index in [0.717, 1.165) is 32.4 Å². The summed E-state index contributed by atoms with van der Waals surface area (Å²) in [6.07, 6.45) is 0. The van der Waals surface area contributed by atoms with Crippen LogP contribution in [0.2, 0.25) is 0 Å². The summed E-state index contributed by atoms with van der Waals surface area (Å²) >= 11 is 3.16. The van der Waals surface area contributed by atoms with E-state index in [9.17, 15) is 18.0 Å². The van der Waals surface area contributed by atoms with Gasteiger partial charge in [-0.2, -0.15) is 13.7 Å². The topological polar surface area (TPSA) is 129 Å². The molecule has 0 saturated carbocycles. The summed E-state index contributed by atoms with van der Waals surface area (Å²) in [5.41, 5.74) is -0.159. The van der Waals surface area contributed by atoms with E-state index in [2.05, 4.69) is 25.4 Å². The Hall–Kier alpha value is -3.10. The minimum Gasteiger partial charge on any atom is -0.490 e. The molecule has 11 heteroatoms. The summed E-state index contributed by atoms with van der Waals surface area (Å²) in [5, 5.41) is 9.09. The summed E-state index contributed by atoms with van der Waals surface area (Å²) < 4.78 is 45.8. The molecule has 2 rings (SSSR count). The number of halogens is 1. The predicted octanol–water partition coefficient (Wildman–Crippen LogP) is 3.06. The highest BCUT2D eigenvalue weighted by molar-refractivity contribution is 9.10. The summed E-state index contributed by atoms with van der Waals surface area (Å²) in [4.78, 5) is 23.3. The van der Waals surface area contributed by atoms with Crippen LogP contribution in [0.25, 0.3) is 0 Å². The standard InChI is InChI=1S/C19H16BrNO8S/c1-4-28-16-6-11(10-21)5-15(20)17(16)29-30(24,25)14-8-12(18(22)26-2)7-13(9-14)19(23)27-3/h5-9H,4H2,1-3H3. The number of hydrogen-bond acceptors (Lipinski definition) is 9. The van der Waals surface area contributed by atoms with Crippen molar-refractivity contribution in [1.29, 1.82) is 5.26 Å². The van der Waals surface area contributed by atoms with Crippen LogP contribution in [0, 0.1) is 11.3 Å². The number of methoxy groups -OCH3 is 2. The second kappa shape index (κ2) is 9.60. The molecule has 2 aromatic carbocycles. The van der Waals surface area contributed by atoms with Crippen LogP contribution in [0.3, 0.4) is 0 Å². The zero-order valence-electron chi connectivity index (χ0n) is 16.1. The first-order valence-electron chi connectivity index (χ1n) is 8.29. The van der Waals surface area contributed by atoms with Crippen LogP contribution in [-0.2, 0) is 19.6 Å². The van der Waals surface area contributed by atoms with E-state index in [4.69, 9.17) is 14.2 Å². The molecule has 0 amide bonds. The fraction of sp³-hybridized carbons (Fsp3) is 0.211. The van der Waals surface area contributed by atoms with Crippen LogP contribution in [0.5, 0.6) is 11.5 Å². The molecule has 0 aromatic heterocycles. The molecular formula is C19H16BrNO8S. The Kier molecular flexibility index (Phi) is 7.42. The molecule has 0 spiro atoms. The fourth-order valence-corrected chi connectivity index (χ4v) is 4.01. The maximum absolute atomic E-state index is 12.9. The molecule has 158 valence electrons. The lowest BCUT2D eigenvalue weighted by atomic mass is 10.1. The van der Waals surface area contributed by atoms with Crippen LogP contribution in [0.1, 0.15) is 33.2 Å². The van der Waals surface area contributed by atoms with Crippen molar-refractivity contribution in [2.24, 2.45) is 0 Å². The molecule has 0 N–H and O–H groups in total. The molecule has 30 heavy (non-hydrogen) atoms. The van der Waals surface area contributed by atoms with Gasteiger partial charge in [-0.1, -0.05) is 0 Å². The number of esters is 2. The lowest BCUT2D eigenvalue weighted by Crippen LogP contribution is -2.15. The molecule has 0 atom stereocenters. The SMILES string of the molecule is CCOc1cc(C#N)cc(Br)c1OS(=O)(=O)c1cc(C(=O)OC)cc(C(=O)OC)c1. The molecular weight excluding hydrogens is 482 g/mol. The van der Waals surface area contributed by atoms with Gasteiger partial charge in [0.1, 0.15) is 4.90 Å². The van der Waals surface area contributed by atoms with E-state index < -0.39 is 27.0 Å². The van der Waals surface area contributed by atoms with E-state index >= 15 is 0 Å². The van der Waals surface area contributed by atoms with Gasteiger partial charge in [-0.15, -0.1) is 0 Å². The number of nitrogens with zero attached hydrogens (tertiary/aromatic N) is 1. The molecule has 9 nitrogen and oxygen atoms in total. The van der Waals surface area contributed by atoms with E-state index in [1.54, 1.807) is 6.92 Å². The first-order chi connectivity index (χ1) is 14.2. The Morgan fingerprint density at radius 2 is 1.60 bits per heavy atom. The smallest absolute Gasteiger partial charge is 0.339 e. The molecule has 0 heterocycles. The minimum atomic E-state index is -4.53. The summed E-state index contributed by atoms with van der Waals surface area (Å²) in [6, 6.07) is 7.76. The van der Waals surface area contributed by atoms with Gasteiger partial charge >= 0.3 is 22.1 Å². The first kappa shape index (κ1) is 23.2. The Morgan fingerprint density at radius 3 is 2.07 bits per heavy atom. The number of carbonyl (C=O) groups excluding carboxylic acids is 2. The molecule has 0 saturated heterocycles. The van der Waals surface area contributed by atoms with E-state index in [1.807, 2.05) is 6.07 Å². The third-order valence-corrected chi connectivity index (χ3v) is 5.46. The van der Waals surface area contributed by atoms with Gasteiger partial charge < -0.3 is 18.4 Å². The normalized spacial score (nSPS) is 10.6. The number of ether oxygens (including phenoxy) is 3. The van der Waals surface area contributed by atoms with Gasteiger partial charge in [0.25, 0.3) is 0 Å². The van der Waals surface area contributed by atoms with Crippen LogP contribution >= 0.6 is 15.9 Å². The van der Waals surface area contributed by atoms with Gasteiger partial charge in [-0.05, 0) is 47.1 Å². The van der Waals surface area contributed by atoms with Crippen molar-refractivity contribution in [3.63, 3.8) is 0 Å². The molecule has 0 bridgehead atoms. The van der Waals surface area contributed by atoms with E-state index in [1.165, 1.54) is 12.1 Å². The van der Waals surface area contributed by atoms with Crippen LogP contribution in [-0.4, -0.2) is 41.2 Å². The van der Waals surface area contributed by atoms with Gasteiger partial charge in [0.05, 0.1) is 48.1 Å². The predicted molar refractivity (Wildman–Crippen MR) is 107 cm³/mol. The number of hydrogen-bond donors (Lipinski definition) is 0. The van der Waals surface area contributed by atoms with Crippen LogP contribution < -0.4 is 8.92 Å². The number of benzene rings is 2. The van der Waals surface area contributed by atoms with E-state index in [-0.39, 0.29) is 39.3 Å². The highest BCUT2D eigenvalue weighted by atomic mass is 79.9. The maximum Gasteiger partial charge on any atom is 0.339 e. The molecule has 0 aliphatic heterocycles. The minimum absolute atomic E-state index is 0.0179. The van der Waals surface area contributed by atoms with Crippen molar-refractivity contribution in [1.82, 2.24) is 0 Å². The molecule has 0 fully saturated rings. The zero-order valence-corrected chi connectivity index (χ0v) is 18.5. The summed E-state index contributed by atoms with van der Waals surface area (Å²) in [7, 11) is -2.31. The second-order valence-electron chi connectivity index (χ2n) is 5.60. The van der Waals surface area contributed by atoms with Crippen molar-refractivity contribution in [3.05, 3.63) is 51.5 Å². The number of carbonyl (C=O) groups is 2. The van der Waals surface area contributed by atoms with Crippen molar-refractivity contribution in [2.45, 2.75) is 11.8 Å². The third kappa shape index (κ3) is 5.08. The van der Waals surface area contributed by atoms with Crippen molar-refractivity contribution < 1.29 is 36.4 Å². The van der Waals surface area contributed by atoms with Gasteiger partial charge in [0.2, 0.25) is 0 Å².